The van der Waals surface area contributed by atoms with Crippen LogP contribution >= 0.6 is 0 Å². The number of hydrogen-bond acceptors (Lipinski definition) is 18. The topological polar surface area (TPSA) is 466 Å². The molecule has 63 heavy (non-hydrogen) atoms. The Morgan fingerprint density at radius 3 is 1.03 bits per heavy atom. The molecule has 2 fully saturated rings. The number of urea groups is 2. The molecule has 4 atom stereocenters. The predicted octanol–water partition coefficient (Wildman–Crippen LogP) is -1.90. The highest BCUT2D eigenvalue weighted by molar-refractivity contribution is 6.14. The van der Waals surface area contributed by atoms with E-state index in [2.05, 4.69) is 0 Å². The lowest BCUT2D eigenvalue weighted by atomic mass is 9.94. The van der Waals surface area contributed by atoms with Gasteiger partial charge in [-0.05, 0) is 35.4 Å². The van der Waals surface area contributed by atoms with E-state index in [-0.39, 0.29) is 99.6 Å². The molecule has 25 nitrogen and oxygen atoms in total. The number of phenols is 8. The Balaban J connectivity index is 0.000000305. The fraction of sp³-hybridized carbons (Fsp3) is 0.211. The van der Waals surface area contributed by atoms with E-state index >= 15 is 0 Å². The molecule has 0 aliphatic carbocycles. The molecule has 20 N–H and O–H groups in total. The minimum Gasteiger partial charge on any atom is -0.508 e. The largest absolute Gasteiger partial charge is 0.508 e. The fourth-order valence-electron chi connectivity index (χ4n) is 5.97. The second-order valence-corrected chi connectivity index (χ2v) is 13.2. The van der Waals surface area contributed by atoms with Crippen molar-refractivity contribution in [2.75, 3.05) is 0 Å². The number of carbonyl (C=O) groups is 6. The van der Waals surface area contributed by atoms with Crippen LogP contribution in [0.25, 0.3) is 0 Å². The van der Waals surface area contributed by atoms with Crippen LogP contribution in [-0.4, -0.2) is 115 Å². The van der Waals surface area contributed by atoms with Crippen molar-refractivity contribution in [1.29, 1.82) is 0 Å². The monoisotopic (exact) mass is 890 g/mol. The van der Waals surface area contributed by atoms with Crippen LogP contribution in [0.5, 0.6) is 57.5 Å². The Morgan fingerprint density at radius 1 is 0.429 bits per heavy atom. The van der Waals surface area contributed by atoms with Crippen LogP contribution in [0.15, 0.2) is 60.7 Å². The standard InChI is InChI=1S/2C15H14O6.2C4H4N2O3.3H2O/c2*16-8-4-11(18)9-6-13(20)15(21-14(9)5-8)7-1-2-10(17)12(19)3-7;2*7-2-1-3(8)6-4(9)5-2;;;/h2*1-5,13,15-20H,6H2;2*1H2,(H2,5,6,7,8,9);3*1H2/t2*13-,15-;;;;;/m11...../s1. The zero-order valence-corrected chi connectivity index (χ0v) is 32.1. The molecule has 0 unspecified atom stereocenters. The van der Waals surface area contributed by atoms with Gasteiger partial charge < -0.3 is 77.0 Å². The van der Waals surface area contributed by atoms with Gasteiger partial charge in [-0.2, -0.15) is 0 Å². The third kappa shape index (κ3) is 12.9. The SMILES string of the molecule is O.O.O.O=C1CC(=O)NC(=O)N1.O=C1CC(=O)NC(=O)N1.Oc1cc(O)c2c(c1)O[C@H](c1ccc(O)c(O)c1)[C@H](O)C2.Oc1cc(O)c2c(c1)O[C@H](c1ccc(O)c(O)c1)[C@H](O)C2. The summed E-state index contributed by atoms with van der Waals surface area (Å²) in [6.45, 7) is 0. The van der Waals surface area contributed by atoms with Gasteiger partial charge in [0.2, 0.25) is 23.6 Å². The Kier molecular flexibility index (Phi) is 17.4. The van der Waals surface area contributed by atoms with Gasteiger partial charge in [-0.15, -0.1) is 0 Å². The molecule has 340 valence electrons. The number of carbonyl (C=O) groups excluding carboxylic acids is 6. The molecule has 4 aromatic rings. The maximum Gasteiger partial charge on any atom is 0.328 e. The van der Waals surface area contributed by atoms with E-state index in [9.17, 15) is 79.8 Å². The van der Waals surface area contributed by atoms with Crippen LogP contribution in [0.1, 0.15) is 47.3 Å². The summed E-state index contributed by atoms with van der Waals surface area (Å²) in [6, 6.07) is 11.9. The highest BCUT2D eigenvalue weighted by atomic mass is 16.5. The number of imide groups is 4. The molecule has 0 spiro atoms. The number of hydrogen-bond donors (Lipinski definition) is 14. The lowest BCUT2D eigenvalue weighted by Gasteiger charge is -2.31. The van der Waals surface area contributed by atoms with Crippen molar-refractivity contribution < 1.29 is 106 Å². The number of rotatable bonds is 2. The van der Waals surface area contributed by atoms with Crippen molar-refractivity contribution in [3.8, 4) is 57.5 Å². The van der Waals surface area contributed by atoms with E-state index in [1.165, 1.54) is 60.7 Å². The van der Waals surface area contributed by atoms with Gasteiger partial charge in [-0.25, -0.2) is 9.59 Å². The Hall–Kier alpha value is -8.10. The first-order valence-corrected chi connectivity index (χ1v) is 17.4. The van der Waals surface area contributed by atoms with Crippen molar-refractivity contribution in [3.63, 3.8) is 0 Å². The molecule has 2 saturated heterocycles. The van der Waals surface area contributed by atoms with E-state index in [1.54, 1.807) is 0 Å². The van der Waals surface area contributed by atoms with Crippen LogP contribution in [0, 0.1) is 0 Å². The van der Waals surface area contributed by atoms with E-state index in [4.69, 9.17) is 9.47 Å². The van der Waals surface area contributed by atoms with E-state index in [0.29, 0.717) is 22.3 Å². The summed E-state index contributed by atoms with van der Waals surface area (Å²) in [4.78, 5) is 61.6. The number of aliphatic hydroxyl groups is 2. The smallest absolute Gasteiger partial charge is 0.328 e. The summed E-state index contributed by atoms with van der Waals surface area (Å²) in [6.07, 6.45) is -3.64. The number of phenolic OH excluding ortho intramolecular Hbond substituents is 8. The summed E-state index contributed by atoms with van der Waals surface area (Å²) >= 11 is 0. The quantitative estimate of drug-likeness (QED) is 0.0772. The van der Waals surface area contributed by atoms with Gasteiger partial charge >= 0.3 is 12.1 Å². The van der Waals surface area contributed by atoms with E-state index in [0.717, 1.165) is 0 Å². The fourth-order valence-corrected chi connectivity index (χ4v) is 5.97. The minimum absolute atomic E-state index is 0. The number of aliphatic hydroxyl groups excluding tert-OH is 2. The second-order valence-electron chi connectivity index (χ2n) is 13.2. The molecule has 4 aliphatic rings. The summed E-state index contributed by atoms with van der Waals surface area (Å²) < 4.78 is 11.2. The Morgan fingerprint density at radius 2 is 0.746 bits per heavy atom. The predicted molar refractivity (Wildman–Crippen MR) is 209 cm³/mol. The summed E-state index contributed by atoms with van der Waals surface area (Å²) in [5.41, 5.74) is 1.79. The summed E-state index contributed by atoms with van der Waals surface area (Å²) in [5, 5.41) is 104. The van der Waals surface area contributed by atoms with Gasteiger partial charge in [-0.1, -0.05) is 12.1 Å². The van der Waals surface area contributed by atoms with Gasteiger partial charge in [0, 0.05) is 48.2 Å². The summed E-state index contributed by atoms with van der Waals surface area (Å²) in [7, 11) is 0. The average molecular weight is 891 g/mol. The van der Waals surface area contributed by atoms with Gasteiger partial charge in [0.25, 0.3) is 0 Å². The molecule has 0 saturated carbocycles. The van der Waals surface area contributed by atoms with Crippen LogP contribution in [0.3, 0.4) is 0 Å². The van der Waals surface area contributed by atoms with Gasteiger partial charge in [-0.3, -0.25) is 40.4 Å². The zero-order valence-electron chi connectivity index (χ0n) is 32.1. The van der Waals surface area contributed by atoms with E-state index < -0.39 is 60.1 Å². The van der Waals surface area contributed by atoms with Crippen LogP contribution in [-0.2, 0) is 32.0 Å². The van der Waals surface area contributed by atoms with Crippen molar-refractivity contribution in [2.45, 2.75) is 50.1 Å². The molecule has 8 rings (SSSR count). The first-order chi connectivity index (χ1) is 28.3. The number of fused-ring (bicyclic) bond motifs is 2. The zero-order chi connectivity index (χ0) is 44.0. The molecular weight excluding hydrogens is 848 g/mol. The molecular formula is C38H42N4O21. The maximum atomic E-state index is 10.3. The minimum atomic E-state index is -0.933. The number of benzene rings is 4. The molecule has 0 aromatic heterocycles. The molecule has 4 aromatic carbocycles. The highest BCUT2D eigenvalue weighted by Crippen LogP contribution is 2.44. The van der Waals surface area contributed by atoms with Gasteiger partial charge in [0.1, 0.15) is 59.5 Å². The number of barbiturate groups is 2. The van der Waals surface area contributed by atoms with Crippen LogP contribution < -0.4 is 30.7 Å². The Labute approximate surface area is 352 Å². The Bertz CT molecular complexity index is 2120. The van der Waals surface area contributed by atoms with Crippen molar-refractivity contribution >= 4 is 35.7 Å². The lowest BCUT2D eigenvalue weighted by molar-refractivity contribution is -0.131. The molecule has 4 heterocycles. The molecule has 0 bridgehead atoms. The van der Waals surface area contributed by atoms with E-state index in [1.807, 2.05) is 21.3 Å². The lowest BCUT2D eigenvalue weighted by Crippen LogP contribution is -2.49. The number of ether oxygens (including phenoxy) is 2. The number of aromatic hydroxyl groups is 8. The average Bonchev–Trinajstić information content (AvgIpc) is 3.14. The van der Waals surface area contributed by atoms with Gasteiger partial charge in [0.05, 0.1) is 12.2 Å². The molecule has 25 heteroatoms. The third-order valence-electron chi connectivity index (χ3n) is 8.68. The molecule has 4 aliphatic heterocycles. The first-order valence-electron chi connectivity index (χ1n) is 17.4. The van der Waals surface area contributed by atoms with Crippen molar-refractivity contribution in [3.05, 3.63) is 82.9 Å². The highest BCUT2D eigenvalue weighted by Gasteiger charge is 2.34. The van der Waals surface area contributed by atoms with Crippen LogP contribution in [0.2, 0.25) is 0 Å². The van der Waals surface area contributed by atoms with Crippen LogP contribution in [0.4, 0.5) is 9.59 Å². The van der Waals surface area contributed by atoms with Crippen molar-refractivity contribution in [1.82, 2.24) is 21.3 Å². The number of amides is 8. The summed E-state index contributed by atoms with van der Waals surface area (Å²) in [5.74, 6) is -3.39. The third-order valence-corrected chi connectivity index (χ3v) is 8.68. The van der Waals surface area contributed by atoms with Gasteiger partial charge in [0.15, 0.2) is 23.0 Å². The number of nitrogens with one attached hydrogen (secondary N) is 4. The maximum absolute atomic E-state index is 10.3. The molecule has 8 amide bonds. The normalized spacial score (nSPS) is 19.1. The van der Waals surface area contributed by atoms with Crippen molar-refractivity contribution in [2.24, 2.45) is 0 Å². The first kappa shape index (κ1) is 51.0. The second kappa shape index (κ2) is 21.4. The molecule has 0 radical (unpaired) electrons.